The van der Waals surface area contributed by atoms with E-state index in [1.54, 1.807) is 25.4 Å². The molecule has 0 aliphatic carbocycles. The SMILES string of the molecule is CNC(CCl)C(=O)c1ccc2occc2c1. The summed E-state index contributed by atoms with van der Waals surface area (Å²) in [7, 11) is 1.72. The van der Waals surface area contributed by atoms with Crippen molar-refractivity contribution in [1.82, 2.24) is 5.32 Å². The number of hydrogen-bond acceptors (Lipinski definition) is 3. The van der Waals surface area contributed by atoms with E-state index in [-0.39, 0.29) is 17.7 Å². The van der Waals surface area contributed by atoms with Gasteiger partial charge in [-0.05, 0) is 31.3 Å². The van der Waals surface area contributed by atoms with Gasteiger partial charge in [0.15, 0.2) is 5.78 Å². The number of ketones is 1. The average Bonchev–Trinajstić information content (AvgIpc) is 2.77. The lowest BCUT2D eigenvalue weighted by atomic mass is 10.0. The summed E-state index contributed by atoms with van der Waals surface area (Å²) in [6, 6.07) is 6.86. The Kier molecular flexibility index (Phi) is 3.27. The van der Waals surface area contributed by atoms with Crippen LogP contribution in [-0.2, 0) is 0 Å². The summed E-state index contributed by atoms with van der Waals surface area (Å²) in [6.45, 7) is 0. The predicted molar refractivity (Wildman–Crippen MR) is 64.1 cm³/mol. The van der Waals surface area contributed by atoms with Gasteiger partial charge >= 0.3 is 0 Å². The van der Waals surface area contributed by atoms with Gasteiger partial charge in [-0.15, -0.1) is 11.6 Å². The van der Waals surface area contributed by atoms with Gasteiger partial charge < -0.3 is 9.73 Å². The molecule has 0 saturated heterocycles. The molecule has 4 heteroatoms. The van der Waals surface area contributed by atoms with Crippen molar-refractivity contribution < 1.29 is 9.21 Å². The van der Waals surface area contributed by atoms with Crippen LogP contribution in [0.15, 0.2) is 34.9 Å². The van der Waals surface area contributed by atoms with Gasteiger partial charge in [-0.25, -0.2) is 0 Å². The highest BCUT2D eigenvalue weighted by Gasteiger charge is 2.17. The molecule has 16 heavy (non-hydrogen) atoms. The molecule has 1 N–H and O–H groups in total. The van der Waals surface area contributed by atoms with Gasteiger partial charge in [0, 0.05) is 16.8 Å². The van der Waals surface area contributed by atoms with E-state index in [1.165, 1.54) is 0 Å². The number of hydrogen-bond donors (Lipinski definition) is 1. The molecule has 0 saturated carbocycles. The predicted octanol–water partition coefficient (Wildman–Crippen LogP) is 2.44. The van der Waals surface area contributed by atoms with Crippen molar-refractivity contribution in [3.05, 3.63) is 36.1 Å². The van der Waals surface area contributed by atoms with Gasteiger partial charge in [-0.1, -0.05) is 0 Å². The monoisotopic (exact) mass is 237 g/mol. The van der Waals surface area contributed by atoms with Crippen molar-refractivity contribution in [3.63, 3.8) is 0 Å². The van der Waals surface area contributed by atoms with Crippen LogP contribution >= 0.6 is 11.6 Å². The molecule has 2 rings (SSSR count). The summed E-state index contributed by atoms with van der Waals surface area (Å²) < 4.78 is 5.21. The van der Waals surface area contributed by atoms with Crippen LogP contribution in [0.25, 0.3) is 11.0 Å². The number of alkyl halides is 1. The van der Waals surface area contributed by atoms with Crippen LogP contribution in [0.2, 0.25) is 0 Å². The van der Waals surface area contributed by atoms with Crippen LogP contribution in [0.1, 0.15) is 10.4 Å². The summed E-state index contributed by atoms with van der Waals surface area (Å²) >= 11 is 5.71. The summed E-state index contributed by atoms with van der Waals surface area (Å²) in [4.78, 5) is 12.0. The summed E-state index contributed by atoms with van der Waals surface area (Å²) in [5.74, 6) is 0.263. The molecule has 84 valence electrons. The maximum atomic E-state index is 12.0. The van der Waals surface area contributed by atoms with Crippen LogP contribution in [-0.4, -0.2) is 24.8 Å². The number of carbonyl (C=O) groups is 1. The molecule has 0 amide bonds. The number of halogens is 1. The molecular weight excluding hydrogens is 226 g/mol. The molecule has 1 atom stereocenters. The molecule has 1 unspecified atom stereocenters. The molecule has 1 heterocycles. The van der Waals surface area contributed by atoms with Crippen LogP contribution in [0.5, 0.6) is 0 Å². The van der Waals surface area contributed by atoms with Crippen LogP contribution in [0, 0.1) is 0 Å². The minimum Gasteiger partial charge on any atom is -0.464 e. The van der Waals surface area contributed by atoms with E-state index in [0.29, 0.717) is 5.56 Å². The lowest BCUT2D eigenvalue weighted by molar-refractivity contribution is 0.0957. The maximum absolute atomic E-state index is 12.0. The Balaban J connectivity index is 2.35. The van der Waals surface area contributed by atoms with Crippen LogP contribution in [0.3, 0.4) is 0 Å². The first-order chi connectivity index (χ1) is 7.76. The van der Waals surface area contributed by atoms with Gasteiger partial charge in [0.05, 0.1) is 12.3 Å². The van der Waals surface area contributed by atoms with Crippen LogP contribution < -0.4 is 5.32 Å². The summed E-state index contributed by atoms with van der Waals surface area (Å²) in [5.41, 5.74) is 1.43. The third kappa shape index (κ3) is 1.96. The Morgan fingerprint density at radius 1 is 1.50 bits per heavy atom. The second-order valence-electron chi connectivity index (χ2n) is 3.53. The number of nitrogens with one attached hydrogen (secondary N) is 1. The van der Waals surface area contributed by atoms with Crippen LogP contribution in [0.4, 0.5) is 0 Å². The quantitative estimate of drug-likeness (QED) is 0.656. The van der Waals surface area contributed by atoms with Crippen molar-refractivity contribution in [2.45, 2.75) is 6.04 Å². The highest BCUT2D eigenvalue weighted by molar-refractivity contribution is 6.21. The summed E-state index contributed by atoms with van der Waals surface area (Å²) in [6.07, 6.45) is 1.61. The number of carbonyl (C=O) groups excluding carboxylic acids is 1. The Bertz CT molecular complexity index is 502. The fourth-order valence-electron chi connectivity index (χ4n) is 1.60. The Labute approximate surface area is 98.4 Å². The highest BCUT2D eigenvalue weighted by atomic mass is 35.5. The summed E-state index contributed by atoms with van der Waals surface area (Å²) in [5, 5.41) is 3.81. The largest absolute Gasteiger partial charge is 0.464 e. The first kappa shape index (κ1) is 11.2. The third-order valence-electron chi connectivity index (χ3n) is 2.56. The van der Waals surface area contributed by atoms with Crippen molar-refractivity contribution in [3.8, 4) is 0 Å². The molecule has 0 fully saturated rings. The van der Waals surface area contributed by atoms with E-state index >= 15 is 0 Å². The molecule has 3 nitrogen and oxygen atoms in total. The molecule has 2 aromatic rings. The normalized spacial score (nSPS) is 12.9. The minimum atomic E-state index is -0.342. The zero-order chi connectivity index (χ0) is 11.5. The maximum Gasteiger partial charge on any atom is 0.180 e. The highest BCUT2D eigenvalue weighted by Crippen LogP contribution is 2.18. The number of Topliss-reactive ketones (excluding diaryl/α,β-unsaturated/α-hetero) is 1. The standard InChI is InChI=1S/C12H12ClNO2/c1-14-10(7-13)12(15)9-2-3-11-8(6-9)4-5-16-11/h2-6,10,14H,7H2,1H3. The molecular formula is C12H12ClNO2. The van der Waals surface area contributed by atoms with Crippen molar-refractivity contribution in [2.24, 2.45) is 0 Å². The van der Waals surface area contributed by atoms with Gasteiger partial charge in [0.25, 0.3) is 0 Å². The fraction of sp³-hybridized carbons (Fsp3) is 0.250. The van der Waals surface area contributed by atoms with Crippen molar-refractivity contribution in [2.75, 3.05) is 12.9 Å². The van der Waals surface area contributed by atoms with Crippen molar-refractivity contribution in [1.29, 1.82) is 0 Å². The van der Waals surface area contributed by atoms with E-state index in [4.69, 9.17) is 16.0 Å². The molecule has 0 aliphatic heterocycles. The van der Waals surface area contributed by atoms with Gasteiger partial charge in [0.2, 0.25) is 0 Å². The average molecular weight is 238 g/mol. The number of benzene rings is 1. The van der Waals surface area contributed by atoms with E-state index in [2.05, 4.69) is 5.32 Å². The molecule has 1 aromatic heterocycles. The molecule has 0 radical (unpaired) electrons. The Morgan fingerprint density at radius 3 is 3.00 bits per heavy atom. The van der Waals surface area contributed by atoms with Crippen molar-refractivity contribution >= 4 is 28.4 Å². The number of likely N-dealkylation sites (N-methyl/N-ethyl adjacent to an activating group) is 1. The minimum absolute atomic E-state index is 0.000556. The van der Waals surface area contributed by atoms with Gasteiger partial charge in [-0.2, -0.15) is 0 Å². The lowest BCUT2D eigenvalue weighted by Crippen LogP contribution is -2.35. The second kappa shape index (κ2) is 4.68. The smallest absolute Gasteiger partial charge is 0.180 e. The van der Waals surface area contributed by atoms with E-state index < -0.39 is 0 Å². The van der Waals surface area contributed by atoms with Gasteiger partial charge in [0.1, 0.15) is 5.58 Å². The fourth-order valence-corrected chi connectivity index (χ4v) is 1.89. The third-order valence-corrected chi connectivity index (χ3v) is 2.86. The first-order valence-electron chi connectivity index (χ1n) is 5.01. The molecule has 0 spiro atoms. The lowest BCUT2D eigenvalue weighted by Gasteiger charge is -2.11. The molecule has 1 aromatic carbocycles. The molecule has 0 bridgehead atoms. The van der Waals surface area contributed by atoms with E-state index in [9.17, 15) is 4.79 Å². The van der Waals surface area contributed by atoms with Gasteiger partial charge in [-0.3, -0.25) is 4.79 Å². The zero-order valence-corrected chi connectivity index (χ0v) is 9.62. The Hall–Kier alpha value is -1.32. The Morgan fingerprint density at radius 2 is 2.31 bits per heavy atom. The second-order valence-corrected chi connectivity index (χ2v) is 3.84. The molecule has 0 aliphatic rings. The first-order valence-corrected chi connectivity index (χ1v) is 5.54. The van der Waals surface area contributed by atoms with E-state index in [1.807, 2.05) is 12.1 Å². The topological polar surface area (TPSA) is 42.2 Å². The van der Waals surface area contributed by atoms with E-state index in [0.717, 1.165) is 11.0 Å². The number of fused-ring (bicyclic) bond motifs is 1. The number of rotatable bonds is 4. The zero-order valence-electron chi connectivity index (χ0n) is 8.87. The number of furan rings is 1.